The van der Waals surface area contributed by atoms with Crippen molar-refractivity contribution in [2.75, 3.05) is 39.8 Å². The summed E-state index contributed by atoms with van der Waals surface area (Å²) in [5, 5.41) is 17.4. The number of amides is 1. The molecular formula is C33H48N6O2. The van der Waals surface area contributed by atoms with Crippen LogP contribution in [0, 0.1) is 22.7 Å². The van der Waals surface area contributed by atoms with Crippen LogP contribution in [0.3, 0.4) is 0 Å². The molecule has 3 aliphatic heterocycles. The quantitative estimate of drug-likeness (QED) is 0.516. The number of nitrogens with zero attached hydrogens (tertiary/aromatic N) is 4. The third-order valence-corrected chi connectivity index (χ3v) is 11.4. The highest BCUT2D eigenvalue weighted by Gasteiger charge is 2.52. The number of likely N-dealkylation sites (N-methyl/N-ethyl adjacent to an activating group) is 1. The molecule has 2 N–H and O–H groups in total. The van der Waals surface area contributed by atoms with E-state index in [4.69, 9.17) is 4.74 Å². The molecule has 3 saturated heterocycles. The summed E-state index contributed by atoms with van der Waals surface area (Å²) in [6.45, 7) is 10.1. The van der Waals surface area contributed by atoms with Crippen LogP contribution in [0.15, 0.2) is 36.9 Å². The van der Waals surface area contributed by atoms with Crippen molar-refractivity contribution >= 4 is 5.91 Å². The Morgan fingerprint density at radius 2 is 2.05 bits per heavy atom. The van der Waals surface area contributed by atoms with E-state index in [-0.39, 0.29) is 24.5 Å². The fraction of sp³-hybridized carbons (Fsp3) is 0.697. The highest BCUT2D eigenvalue weighted by atomic mass is 16.5. The first-order valence-corrected chi connectivity index (χ1v) is 15.9. The topological polar surface area (TPSA) is 83.9 Å². The maximum Gasteiger partial charge on any atom is 0.246 e. The van der Waals surface area contributed by atoms with Crippen LogP contribution in [-0.4, -0.2) is 91.1 Å². The van der Waals surface area contributed by atoms with Crippen LogP contribution in [0.25, 0.3) is 0 Å². The van der Waals surface area contributed by atoms with E-state index in [9.17, 15) is 10.1 Å². The fourth-order valence-electron chi connectivity index (χ4n) is 8.85. The third-order valence-electron chi connectivity index (χ3n) is 11.4. The number of benzene rings is 1. The van der Waals surface area contributed by atoms with Gasteiger partial charge < -0.3 is 14.5 Å². The Morgan fingerprint density at radius 1 is 1.20 bits per heavy atom. The Labute approximate surface area is 246 Å². The first-order valence-electron chi connectivity index (χ1n) is 15.9. The average Bonchev–Trinajstić information content (AvgIpc) is 3.41. The second-order valence-electron chi connectivity index (χ2n) is 13.3. The highest BCUT2D eigenvalue weighted by molar-refractivity contribution is 5.87. The number of piperazine rings is 1. The molecule has 4 fully saturated rings. The minimum atomic E-state index is -0.209. The SMILES string of the molecule is C=CC(=O)N1CCN(C2NC(OCC3CCCN3C)NC3CC4(CCc5ccccc5C4C)CCC32)CC1CC#N. The van der Waals surface area contributed by atoms with Crippen LogP contribution in [0.2, 0.25) is 0 Å². The Kier molecular flexibility index (Phi) is 8.54. The molecular weight excluding hydrogens is 512 g/mol. The Hall–Kier alpha value is -2.28. The first kappa shape index (κ1) is 28.8. The van der Waals surface area contributed by atoms with Crippen LogP contribution >= 0.6 is 0 Å². The molecule has 8 unspecified atom stereocenters. The second kappa shape index (κ2) is 12.1. The van der Waals surface area contributed by atoms with Crippen LogP contribution in [0.1, 0.15) is 68.9 Å². The van der Waals surface area contributed by atoms with Crippen LogP contribution < -0.4 is 10.6 Å². The predicted octanol–water partition coefficient (Wildman–Crippen LogP) is 3.42. The number of rotatable bonds is 6. The second-order valence-corrected chi connectivity index (χ2v) is 13.3. The molecule has 0 radical (unpaired) electrons. The summed E-state index contributed by atoms with van der Waals surface area (Å²) in [6.07, 6.45) is 10.1. The van der Waals surface area contributed by atoms with Gasteiger partial charge >= 0.3 is 0 Å². The van der Waals surface area contributed by atoms with E-state index in [0.717, 1.165) is 32.5 Å². The van der Waals surface area contributed by atoms with Gasteiger partial charge in [0, 0.05) is 37.6 Å². The summed E-state index contributed by atoms with van der Waals surface area (Å²) in [5.41, 5.74) is 3.38. The third kappa shape index (κ3) is 5.60. The smallest absolute Gasteiger partial charge is 0.246 e. The Balaban J connectivity index is 1.22. The number of hydrogen-bond donors (Lipinski definition) is 2. The van der Waals surface area contributed by atoms with Crippen molar-refractivity contribution < 1.29 is 9.53 Å². The zero-order chi connectivity index (χ0) is 28.6. The van der Waals surface area contributed by atoms with Crippen molar-refractivity contribution in [1.29, 1.82) is 5.26 Å². The van der Waals surface area contributed by atoms with E-state index in [1.54, 1.807) is 5.56 Å². The number of nitrogens with one attached hydrogen (secondary N) is 2. The van der Waals surface area contributed by atoms with E-state index < -0.39 is 0 Å². The van der Waals surface area contributed by atoms with Crippen LogP contribution in [0.4, 0.5) is 0 Å². The molecule has 3 heterocycles. The van der Waals surface area contributed by atoms with Crippen molar-refractivity contribution in [3.8, 4) is 6.07 Å². The molecule has 1 aromatic rings. The number of aryl methyl sites for hydroxylation is 1. The van der Waals surface area contributed by atoms with Gasteiger partial charge in [-0.1, -0.05) is 37.8 Å². The molecule has 5 aliphatic rings. The summed E-state index contributed by atoms with van der Waals surface area (Å²) in [4.78, 5) is 19.3. The molecule has 1 aromatic carbocycles. The molecule has 1 saturated carbocycles. The van der Waals surface area contributed by atoms with Gasteiger partial charge in [0.25, 0.3) is 0 Å². The molecule has 8 nitrogen and oxygen atoms in total. The molecule has 0 bridgehead atoms. The number of carbonyl (C=O) groups is 1. The largest absolute Gasteiger partial charge is 0.348 e. The van der Waals surface area contributed by atoms with Gasteiger partial charge in [0.15, 0.2) is 6.35 Å². The normalized spacial score (nSPS) is 37.8. The van der Waals surface area contributed by atoms with E-state index in [2.05, 4.69) is 71.3 Å². The predicted molar refractivity (Wildman–Crippen MR) is 160 cm³/mol. The van der Waals surface area contributed by atoms with Crippen molar-refractivity contribution in [3.05, 3.63) is 48.0 Å². The number of carbonyl (C=O) groups excluding carboxylic acids is 1. The lowest BCUT2D eigenvalue weighted by molar-refractivity contribution is -0.137. The van der Waals surface area contributed by atoms with Crippen LogP contribution in [0.5, 0.6) is 0 Å². The summed E-state index contributed by atoms with van der Waals surface area (Å²) in [5.74, 6) is 0.918. The molecule has 8 atom stereocenters. The maximum absolute atomic E-state index is 12.6. The molecule has 1 amide bonds. The maximum atomic E-state index is 12.6. The lowest BCUT2D eigenvalue weighted by Crippen LogP contribution is -2.72. The minimum absolute atomic E-state index is 0.0749. The van der Waals surface area contributed by atoms with Gasteiger partial charge in [-0.2, -0.15) is 5.26 Å². The van der Waals surface area contributed by atoms with E-state index in [1.807, 2.05) is 4.90 Å². The van der Waals surface area contributed by atoms with Crippen LogP contribution in [-0.2, 0) is 16.0 Å². The monoisotopic (exact) mass is 560 g/mol. The minimum Gasteiger partial charge on any atom is -0.348 e. The van der Waals surface area contributed by atoms with E-state index >= 15 is 0 Å². The average molecular weight is 561 g/mol. The van der Waals surface area contributed by atoms with Crippen molar-refractivity contribution in [3.63, 3.8) is 0 Å². The molecule has 8 heteroatoms. The van der Waals surface area contributed by atoms with Crippen molar-refractivity contribution in [2.45, 2.75) is 94.9 Å². The number of fused-ring (bicyclic) bond motifs is 2. The molecule has 222 valence electrons. The number of ether oxygens (including phenoxy) is 1. The first-order chi connectivity index (χ1) is 19.9. The lowest BCUT2D eigenvalue weighted by Gasteiger charge is -2.57. The van der Waals surface area contributed by atoms with Gasteiger partial charge in [0.2, 0.25) is 5.91 Å². The van der Waals surface area contributed by atoms with Gasteiger partial charge in [-0.3, -0.25) is 20.3 Å². The standard InChI is InChI=1S/C33H48N6O2/c1-4-30(40)39-19-18-38(21-25(39)13-16-34)31-28-12-15-33(14-11-24-8-5-6-10-27(24)23(33)2)20-29(28)35-32(36-31)41-22-26-9-7-17-37(26)3/h4-6,8,10,23,25-26,28-29,31-32,35-36H,1,7,9,11-15,17-22H2,2-3H3. The summed E-state index contributed by atoms with van der Waals surface area (Å²) in [7, 11) is 2.20. The molecule has 6 rings (SSSR count). The van der Waals surface area contributed by atoms with Gasteiger partial charge in [0.1, 0.15) is 0 Å². The number of nitriles is 1. The fourth-order valence-corrected chi connectivity index (χ4v) is 8.85. The highest BCUT2D eigenvalue weighted by Crippen LogP contribution is 2.55. The van der Waals surface area contributed by atoms with E-state index in [1.165, 1.54) is 43.7 Å². The molecule has 41 heavy (non-hydrogen) atoms. The molecule has 2 aliphatic carbocycles. The lowest BCUT2D eigenvalue weighted by atomic mass is 9.55. The molecule has 0 aromatic heterocycles. The number of likely N-dealkylation sites (tertiary alicyclic amines) is 1. The molecule has 1 spiro atoms. The number of hydrogen-bond acceptors (Lipinski definition) is 7. The zero-order valence-corrected chi connectivity index (χ0v) is 24.9. The summed E-state index contributed by atoms with van der Waals surface area (Å²) in [6, 6.07) is 12.1. The van der Waals surface area contributed by atoms with Gasteiger partial charge in [-0.25, -0.2) is 0 Å². The summed E-state index contributed by atoms with van der Waals surface area (Å²) >= 11 is 0. The zero-order valence-electron chi connectivity index (χ0n) is 24.9. The van der Waals surface area contributed by atoms with Crippen molar-refractivity contribution in [1.82, 2.24) is 25.3 Å². The van der Waals surface area contributed by atoms with Crippen molar-refractivity contribution in [2.24, 2.45) is 11.3 Å². The summed E-state index contributed by atoms with van der Waals surface area (Å²) < 4.78 is 6.60. The van der Waals surface area contributed by atoms with Gasteiger partial charge in [0.05, 0.1) is 31.3 Å². The Morgan fingerprint density at radius 3 is 2.83 bits per heavy atom. The van der Waals surface area contributed by atoms with E-state index in [0.29, 0.717) is 48.8 Å². The van der Waals surface area contributed by atoms with Gasteiger partial charge in [-0.15, -0.1) is 0 Å². The van der Waals surface area contributed by atoms with Gasteiger partial charge in [-0.05, 0) is 87.1 Å². The Bertz CT molecular complexity index is 1150.